The van der Waals surface area contributed by atoms with Crippen molar-refractivity contribution < 1.29 is 10.3 Å². The Kier molecular flexibility index (Phi) is 4520. The molecule has 0 unspecified atom stereocenters. The van der Waals surface area contributed by atoms with Gasteiger partial charge in [-0.2, -0.15) is 0 Å². The first-order valence-corrected chi connectivity index (χ1v) is 1.37. The maximum atomic E-state index is 8.25. The van der Waals surface area contributed by atoms with Crippen LogP contribution in [0.3, 0.4) is 0 Å². The minimum absolute atomic E-state index is 0. The normalized spacial score (nSPS) is 2.59. The third-order valence-electron chi connectivity index (χ3n) is 0. The van der Waals surface area contributed by atoms with Crippen molar-refractivity contribution in [3.8, 4) is 0 Å². The summed E-state index contributed by atoms with van der Waals surface area (Å²) in [6.45, 7) is 0. The number of hydrogen-bond donors (Lipinski definition) is 3. The van der Waals surface area contributed by atoms with Crippen molar-refractivity contribution in [2.45, 2.75) is 37.1 Å². The molecule has 0 spiro atoms. The largest absolute Gasteiger partial charge is 0.444 e. The molecule has 12 nitrogen and oxygen atoms in total. The Morgan fingerprint density at radius 2 is 1.00 bits per heavy atom. The molecule has 0 aliphatic carbocycles. The second-order valence-corrected chi connectivity index (χ2v) is 0.298. The maximum absolute atomic E-state index is 8.25. The van der Waals surface area contributed by atoms with Crippen LogP contribution in [0.1, 0.15) is 37.1 Å². The van der Waals surface area contributed by atoms with Crippen molar-refractivity contribution in [3.05, 3.63) is 25.4 Å². The highest BCUT2D eigenvalue weighted by Crippen LogP contribution is 1.44. The van der Waals surface area contributed by atoms with Crippen molar-refractivity contribution in [2.75, 3.05) is 0 Å². The smallest absolute Gasteiger partial charge is 0.0689 e. The molecule has 12 heteroatoms. The predicted octanol–water partition coefficient (Wildman–Crippen LogP) is 2.93. The van der Waals surface area contributed by atoms with E-state index in [0.717, 1.165) is 5.34 Å². The van der Waals surface area contributed by atoms with Crippen molar-refractivity contribution in [1.82, 2.24) is 6.15 Å². The quantitative estimate of drug-likeness (QED) is 0.252. The molecule has 7 N–H and O–H groups in total. The fourth-order valence-corrected chi connectivity index (χ4v) is 0. The fraction of sp³-hybridized carbons (Fsp3) is 1.00. The van der Waals surface area contributed by atoms with Gasteiger partial charge in [-0.1, -0.05) is 37.1 Å². The molecule has 0 saturated carbocycles. The Labute approximate surface area is 102 Å². The molecular weight excluding hydrogens is 240 g/mol. The molecule has 0 aliphatic rings. The van der Waals surface area contributed by atoms with E-state index >= 15 is 0 Å². The van der Waals surface area contributed by atoms with Crippen LogP contribution in [-0.2, 0) is 0 Å². The van der Waals surface area contributed by atoms with Gasteiger partial charge in [0.1, 0.15) is 0 Å². The van der Waals surface area contributed by atoms with E-state index in [1.165, 1.54) is 0 Å². The van der Waals surface area contributed by atoms with Gasteiger partial charge in [-0.05, 0) is 0 Å². The summed E-state index contributed by atoms with van der Waals surface area (Å²) in [5, 5.41) is 42.2. The summed E-state index contributed by atoms with van der Waals surface area (Å²) in [5.41, 5.74) is 0. The Bertz CT molecular complexity index is 98.1. The maximum Gasteiger partial charge on any atom is 0.0689 e. The Morgan fingerprint density at radius 1 is 1.00 bits per heavy atom. The first-order valence-electron chi connectivity index (χ1n) is 1.37. The third kappa shape index (κ3) is 446. The number of hydrogen-bond acceptors (Lipinski definition) is 10. The predicted molar refractivity (Wildman–Crippen MR) is 68.6 cm³/mol. The number of rotatable bonds is 0. The fourth-order valence-electron chi connectivity index (χ4n) is 0. The minimum atomic E-state index is -1.75. The van der Waals surface area contributed by atoms with Crippen LogP contribution in [0, 0.1) is 36.2 Å². The van der Waals surface area contributed by atoms with Crippen LogP contribution in [0.2, 0.25) is 0 Å². The average molecular weight is 267 g/mol. The van der Waals surface area contributed by atoms with E-state index in [9.17, 15) is 0 Å². The van der Waals surface area contributed by atoms with Crippen molar-refractivity contribution in [3.63, 3.8) is 0 Å². The summed E-state index contributed by atoms with van der Waals surface area (Å²) >= 11 is 0. The van der Waals surface area contributed by atoms with Crippen LogP contribution in [0.15, 0.2) is 5.34 Å². The van der Waals surface area contributed by atoms with Gasteiger partial charge >= 0.3 is 0 Å². The topological polar surface area (TPSA) is 249 Å². The van der Waals surface area contributed by atoms with Crippen LogP contribution >= 0.6 is 0 Å². The highest BCUT2D eigenvalue weighted by Gasteiger charge is 1.45. The lowest BCUT2D eigenvalue weighted by molar-refractivity contribution is -0.402. The molecule has 0 aromatic carbocycles. The van der Waals surface area contributed by atoms with E-state index in [2.05, 4.69) is 5.90 Å². The summed E-state index contributed by atoms with van der Waals surface area (Å²) in [6, 6.07) is 0. The summed E-state index contributed by atoms with van der Waals surface area (Å²) in [6.07, 6.45) is 0. The van der Waals surface area contributed by atoms with Gasteiger partial charge in [0.05, 0.1) is 5.09 Å². The SMILES string of the molecule is C.C.C.C.C.N#N.NO.O=N[O-].O=[N+]([O-])[O-].[NH4+]. The molecule has 0 bridgehead atoms. The van der Waals surface area contributed by atoms with E-state index in [-0.39, 0.29) is 43.3 Å². The van der Waals surface area contributed by atoms with E-state index in [0.29, 0.717) is 0 Å². The van der Waals surface area contributed by atoms with Crippen LogP contribution in [0.5, 0.6) is 0 Å². The van der Waals surface area contributed by atoms with Gasteiger partial charge in [0, 0.05) is 10.8 Å². The second kappa shape index (κ2) is 641. The van der Waals surface area contributed by atoms with Crippen molar-refractivity contribution in [2.24, 2.45) is 11.2 Å². The summed E-state index contributed by atoms with van der Waals surface area (Å²) in [4.78, 5) is 16.2. The molecule has 17 heavy (non-hydrogen) atoms. The Hall–Kier alpha value is -2.10. The zero-order chi connectivity index (χ0) is 10.3. The van der Waals surface area contributed by atoms with Gasteiger partial charge in [0.15, 0.2) is 0 Å². The molecule has 0 aliphatic heterocycles. The minimum Gasteiger partial charge on any atom is -0.444 e. The van der Waals surface area contributed by atoms with Gasteiger partial charge in [0.25, 0.3) is 0 Å². The van der Waals surface area contributed by atoms with Crippen LogP contribution in [-0.4, -0.2) is 10.3 Å². The zero-order valence-corrected chi connectivity index (χ0v) is 5.85. The van der Waals surface area contributed by atoms with Gasteiger partial charge in [-0.25, -0.2) is 5.90 Å². The van der Waals surface area contributed by atoms with E-state index < -0.39 is 5.09 Å². The van der Waals surface area contributed by atoms with Crippen LogP contribution < -0.4 is 12.0 Å². The molecule has 0 aromatic heterocycles. The van der Waals surface area contributed by atoms with Crippen LogP contribution in [0.25, 0.3) is 0 Å². The summed E-state index contributed by atoms with van der Waals surface area (Å²) < 4.78 is 0. The monoisotopic (exact) mass is 267 g/mol. The molecule has 0 amide bonds. The third-order valence-corrected chi connectivity index (χ3v) is 0. The van der Waals surface area contributed by atoms with Gasteiger partial charge < -0.3 is 36.8 Å². The molecule has 0 rings (SSSR count). The van der Waals surface area contributed by atoms with Gasteiger partial charge in [-0.15, -0.1) is 5.34 Å². The first-order chi connectivity index (χ1) is 5.15. The molecule has 0 heterocycles. The molecule has 0 saturated heterocycles. The highest BCUT2D eigenvalue weighted by atomic mass is 16.9. The first kappa shape index (κ1) is 120. The Balaban J connectivity index is -0.00000000444. The van der Waals surface area contributed by atoms with E-state index in [1.54, 1.807) is 0 Å². The van der Waals surface area contributed by atoms with E-state index in [4.69, 9.17) is 41.4 Å². The van der Waals surface area contributed by atoms with Gasteiger partial charge in [0.2, 0.25) is 0 Å². The molecule has 0 aromatic rings. The average Bonchev–Trinajstić information content (AvgIpc) is 1.96. The molecule has 114 valence electrons. The lowest BCUT2D eigenvalue weighted by atomic mass is 12.0. The zero-order valence-electron chi connectivity index (χ0n) is 5.85. The standard InChI is InChI=1S/5CH4.N2.NO3.HNO2.H3NO.H3N/c;;;;;1-2;2-1(3)4;2-1-3;1-2;/h5*1H4;;;(H,2,3);2H,1H2;1H3/q;;;;;;-1;;;. The Morgan fingerprint density at radius 3 is 1.00 bits per heavy atom. The number of nitrogens with zero attached hydrogens (tertiary/aromatic N) is 4. The van der Waals surface area contributed by atoms with Crippen LogP contribution in [0.4, 0.5) is 0 Å². The summed E-state index contributed by atoms with van der Waals surface area (Å²) in [7, 11) is 0. The lowest BCUT2D eigenvalue weighted by Crippen LogP contribution is -1.74. The number of nitrogens with two attached hydrogens (primary N) is 1. The lowest BCUT2D eigenvalue weighted by Gasteiger charge is -1.74. The highest BCUT2D eigenvalue weighted by molar-refractivity contribution is 4.21. The molecular formula is C5H27N6O6-. The second-order valence-electron chi connectivity index (χ2n) is 0.298. The molecule has 0 radical (unpaired) electrons. The molecule has 0 atom stereocenters. The molecule has 0 fully saturated rings. The van der Waals surface area contributed by atoms with Crippen molar-refractivity contribution >= 4 is 0 Å². The summed E-state index contributed by atoms with van der Waals surface area (Å²) in [5.74, 6) is 3.50. The van der Waals surface area contributed by atoms with Gasteiger partial charge in [-0.3, -0.25) is 0 Å². The van der Waals surface area contributed by atoms with Crippen molar-refractivity contribution in [1.29, 1.82) is 10.8 Å². The number of quaternary nitrogens is 1. The van der Waals surface area contributed by atoms with E-state index in [1.807, 2.05) is 0 Å².